The van der Waals surface area contributed by atoms with Crippen molar-refractivity contribution in [3.63, 3.8) is 0 Å². The zero-order valence-corrected chi connectivity index (χ0v) is 46.9. The van der Waals surface area contributed by atoms with Gasteiger partial charge in [0.05, 0.1) is 25.4 Å². The van der Waals surface area contributed by atoms with Crippen molar-refractivity contribution in [2.24, 2.45) is 0 Å². The van der Waals surface area contributed by atoms with Crippen molar-refractivity contribution in [1.82, 2.24) is 5.32 Å². The molecule has 11 heteroatoms. The number of rotatable bonds is 54. The molecule has 1 rings (SSSR count). The molecule has 0 aliphatic carbocycles. The standard InChI is InChI=1S/C61H119NO10/c1-3-5-7-9-11-13-14-15-16-17-18-19-20-21-22-23-24-25-26-27-28-29-30-31-32-33-34-35-36-37-38-39-41-43-45-47-49-54(65)60(70)62-52(51-71-61-59(69)58(68)57(67)55(50-63)72-61)56(66)53(64)48-46-44-42-40-12-10-8-6-4-2/h40,42,52-59,61,63-69H,3-39,41,43-51H2,1-2H3,(H,62,70)/b42-40+. The number of hydrogen-bond acceptors (Lipinski definition) is 10. The first-order chi connectivity index (χ1) is 35.2. The minimum Gasteiger partial charge on any atom is -0.394 e. The first kappa shape index (κ1) is 68.9. The van der Waals surface area contributed by atoms with Gasteiger partial charge in [-0.3, -0.25) is 4.79 Å². The van der Waals surface area contributed by atoms with Gasteiger partial charge < -0.3 is 50.5 Å². The van der Waals surface area contributed by atoms with E-state index in [-0.39, 0.29) is 12.8 Å². The van der Waals surface area contributed by atoms with Gasteiger partial charge in [-0.1, -0.05) is 276 Å². The fraction of sp³-hybridized carbons (Fsp3) is 0.951. The van der Waals surface area contributed by atoms with Gasteiger partial charge in [0.2, 0.25) is 5.91 Å². The maximum Gasteiger partial charge on any atom is 0.249 e. The van der Waals surface area contributed by atoms with Crippen molar-refractivity contribution < 1.29 is 50.0 Å². The van der Waals surface area contributed by atoms with Gasteiger partial charge in [-0.25, -0.2) is 0 Å². The number of amides is 1. The van der Waals surface area contributed by atoms with E-state index in [1.54, 1.807) is 0 Å². The van der Waals surface area contributed by atoms with E-state index in [9.17, 15) is 40.5 Å². The maximum absolute atomic E-state index is 13.1. The normalized spacial score (nSPS) is 20.0. The molecule has 11 nitrogen and oxygen atoms in total. The zero-order valence-electron chi connectivity index (χ0n) is 46.9. The molecule has 0 bridgehead atoms. The number of ether oxygens (including phenoxy) is 2. The fourth-order valence-electron chi connectivity index (χ4n) is 10.3. The molecule has 0 aromatic heterocycles. The zero-order chi connectivity index (χ0) is 52.5. The Hall–Kier alpha value is -1.15. The first-order valence-electron chi connectivity index (χ1n) is 31.1. The van der Waals surface area contributed by atoms with E-state index in [1.807, 2.05) is 0 Å². The van der Waals surface area contributed by atoms with Crippen LogP contribution in [0.5, 0.6) is 0 Å². The third kappa shape index (κ3) is 38.4. The van der Waals surface area contributed by atoms with Crippen LogP contribution in [-0.2, 0) is 14.3 Å². The quantitative estimate of drug-likeness (QED) is 0.0215. The molecule has 0 radical (unpaired) electrons. The highest BCUT2D eigenvalue weighted by molar-refractivity contribution is 5.80. The molecule has 1 aliphatic heterocycles. The molecule has 9 atom stereocenters. The average Bonchev–Trinajstić information content (AvgIpc) is 3.38. The number of hydrogen-bond donors (Lipinski definition) is 8. The van der Waals surface area contributed by atoms with Gasteiger partial charge in [-0.05, 0) is 38.5 Å². The van der Waals surface area contributed by atoms with Crippen LogP contribution >= 0.6 is 0 Å². The van der Waals surface area contributed by atoms with Crippen molar-refractivity contribution in [3.8, 4) is 0 Å². The van der Waals surface area contributed by atoms with Gasteiger partial charge in [0.25, 0.3) is 0 Å². The summed E-state index contributed by atoms with van der Waals surface area (Å²) in [6.07, 6.45) is 49.2. The Balaban J connectivity index is 2.07. The summed E-state index contributed by atoms with van der Waals surface area (Å²) in [4.78, 5) is 13.1. The van der Waals surface area contributed by atoms with Gasteiger partial charge in [-0.15, -0.1) is 0 Å². The highest BCUT2D eigenvalue weighted by Gasteiger charge is 2.44. The molecule has 1 aliphatic rings. The van der Waals surface area contributed by atoms with Crippen LogP contribution in [0.1, 0.15) is 303 Å². The van der Waals surface area contributed by atoms with Crippen molar-refractivity contribution in [2.45, 2.75) is 358 Å². The number of carbonyl (C=O) groups excluding carboxylic acids is 1. The molecule has 0 aromatic carbocycles. The molecule has 1 amide bonds. The number of aliphatic hydroxyl groups excluding tert-OH is 7. The molecule has 72 heavy (non-hydrogen) atoms. The minimum absolute atomic E-state index is 0.259. The molecule has 0 spiro atoms. The predicted molar refractivity (Wildman–Crippen MR) is 298 cm³/mol. The molecule has 0 aromatic rings. The van der Waals surface area contributed by atoms with Crippen LogP contribution in [0.4, 0.5) is 0 Å². The lowest BCUT2D eigenvalue weighted by Gasteiger charge is -2.40. The third-order valence-electron chi connectivity index (χ3n) is 15.3. The number of allylic oxidation sites excluding steroid dienone is 2. The molecule has 8 N–H and O–H groups in total. The van der Waals surface area contributed by atoms with Gasteiger partial charge in [0, 0.05) is 0 Å². The van der Waals surface area contributed by atoms with E-state index >= 15 is 0 Å². The summed E-state index contributed by atoms with van der Waals surface area (Å²) in [6.45, 7) is 3.41. The van der Waals surface area contributed by atoms with Crippen LogP contribution in [0.3, 0.4) is 0 Å². The van der Waals surface area contributed by atoms with Gasteiger partial charge in [-0.2, -0.15) is 0 Å². The SMILES string of the molecule is CCCCCC/C=C/CCCC(O)C(O)C(COC1OC(CO)C(O)C(O)C1O)NC(=O)C(O)CCCCCCCCCCCCCCCCCCCCCCCCCCCCCCCCCCCCCC. The average molecular weight is 1030 g/mol. The van der Waals surface area contributed by atoms with E-state index in [0.29, 0.717) is 12.8 Å². The predicted octanol–water partition coefficient (Wildman–Crippen LogP) is 13.5. The lowest BCUT2D eigenvalue weighted by atomic mass is 9.98. The summed E-state index contributed by atoms with van der Waals surface area (Å²) >= 11 is 0. The summed E-state index contributed by atoms with van der Waals surface area (Å²) < 4.78 is 11.1. The van der Waals surface area contributed by atoms with Crippen molar-refractivity contribution in [1.29, 1.82) is 0 Å². The van der Waals surface area contributed by atoms with E-state index < -0.39 is 74.2 Å². The Morgan fingerprint density at radius 1 is 0.472 bits per heavy atom. The molecule has 0 saturated carbocycles. The van der Waals surface area contributed by atoms with Crippen LogP contribution in [0, 0.1) is 0 Å². The Morgan fingerprint density at radius 3 is 1.19 bits per heavy atom. The fourth-order valence-corrected chi connectivity index (χ4v) is 10.3. The Bertz CT molecular complexity index is 1180. The van der Waals surface area contributed by atoms with Gasteiger partial charge >= 0.3 is 0 Å². The van der Waals surface area contributed by atoms with Gasteiger partial charge in [0.1, 0.15) is 36.6 Å². The summed E-state index contributed by atoms with van der Waals surface area (Å²) in [5, 5.41) is 75.7. The third-order valence-corrected chi connectivity index (χ3v) is 15.3. The van der Waals surface area contributed by atoms with E-state index in [2.05, 4.69) is 31.3 Å². The largest absolute Gasteiger partial charge is 0.394 e. The van der Waals surface area contributed by atoms with Crippen LogP contribution in [0.25, 0.3) is 0 Å². The number of unbranched alkanes of at least 4 members (excludes halogenated alkanes) is 40. The summed E-state index contributed by atoms with van der Waals surface area (Å²) in [6, 6.07) is -1.18. The van der Waals surface area contributed by atoms with E-state index in [0.717, 1.165) is 38.5 Å². The molecular weight excluding hydrogens is 907 g/mol. The number of nitrogens with one attached hydrogen (secondary N) is 1. The van der Waals surface area contributed by atoms with Gasteiger partial charge in [0.15, 0.2) is 6.29 Å². The Labute approximate surface area is 442 Å². The maximum atomic E-state index is 13.1. The van der Waals surface area contributed by atoms with Crippen LogP contribution in [-0.4, -0.2) is 110 Å². The smallest absolute Gasteiger partial charge is 0.249 e. The minimum atomic E-state index is -1.66. The number of aliphatic hydroxyl groups is 7. The lowest BCUT2D eigenvalue weighted by molar-refractivity contribution is -0.303. The van der Waals surface area contributed by atoms with Crippen molar-refractivity contribution in [3.05, 3.63) is 12.2 Å². The second kappa shape index (κ2) is 50.7. The summed E-state index contributed by atoms with van der Waals surface area (Å²) in [5.74, 6) is -0.703. The molecule has 1 saturated heterocycles. The molecule has 1 heterocycles. The second-order valence-corrected chi connectivity index (χ2v) is 22.1. The topological polar surface area (TPSA) is 189 Å². The first-order valence-corrected chi connectivity index (χ1v) is 31.1. The molecular formula is C61H119NO10. The van der Waals surface area contributed by atoms with E-state index in [4.69, 9.17) is 9.47 Å². The highest BCUT2D eigenvalue weighted by Crippen LogP contribution is 2.24. The molecule has 428 valence electrons. The molecule has 1 fully saturated rings. The van der Waals surface area contributed by atoms with E-state index in [1.165, 1.54) is 225 Å². The van der Waals surface area contributed by atoms with Crippen LogP contribution < -0.4 is 5.32 Å². The summed E-state index contributed by atoms with van der Waals surface area (Å²) in [5.41, 5.74) is 0. The number of carbonyl (C=O) groups is 1. The monoisotopic (exact) mass is 1030 g/mol. The van der Waals surface area contributed by atoms with Crippen LogP contribution in [0.15, 0.2) is 12.2 Å². The van der Waals surface area contributed by atoms with Crippen molar-refractivity contribution in [2.75, 3.05) is 13.2 Å². The Kier molecular flexibility index (Phi) is 48.4. The Morgan fingerprint density at radius 2 is 0.819 bits per heavy atom. The molecule has 9 unspecified atom stereocenters. The van der Waals surface area contributed by atoms with Crippen molar-refractivity contribution >= 4 is 5.91 Å². The lowest BCUT2D eigenvalue weighted by Crippen LogP contribution is -2.60. The second-order valence-electron chi connectivity index (χ2n) is 22.1. The highest BCUT2D eigenvalue weighted by atomic mass is 16.7. The van der Waals surface area contributed by atoms with Crippen LogP contribution in [0.2, 0.25) is 0 Å². The summed E-state index contributed by atoms with van der Waals surface area (Å²) in [7, 11) is 0.